The monoisotopic (exact) mass is 477 g/mol. The van der Waals surface area contributed by atoms with Gasteiger partial charge in [0.05, 0.1) is 28.7 Å². The lowest BCUT2D eigenvalue weighted by molar-refractivity contribution is 0.0799. The number of carbonyl (C=O) groups is 1. The van der Waals surface area contributed by atoms with Crippen LogP contribution in [0.25, 0.3) is 21.8 Å². The molecule has 2 aliphatic carbocycles. The van der Waals surface area contributed by atoms with Crippen LogP contribution in [0.5, 0.6) is 0 Å². The largest absolute Gasteiger partial charge is 0.350 e. The number of fused-ring (bicyclic) bond motifs is 3. The molecule has 7 heteroatoms. The first-order valence-corrected chi connectivity index (χ1v) is 13.4. The van der Waals surface area contributed by atoms with Crippen LogP contribution < -0.4 is 10.9 Å². The predicted octanol–water partition coefficient (Wildman–Crippen LogP) is 5.08. The molecule has 3 aromatic rings. The van der Waals surface area contributed by atoms with Gasteiger partial charge in [0.1, 0.15) is 0 Å². The highest BCUT2D eigenvalue weighted by Gasteiger charge is 2.34. The molecule has 2 fully saturated rings. The van der Waals surface area contributed by atoms with E-state index in [4.69, 9.17) is 0 Å². The van der Waals surface area contributed by atoms with Crippen molar-refractivity contribution in [3.8, 4) is 0 Å². The molecule has 2 aromatic heterocycles. The van der Waals surface area contributed by atoms with Gasteiger partial charge in [-0.2, -0.15) is 5.10 Å². The molecule has 1 amide bonds. The fourth-order valence-corrected chi connectivity index (χ4v) is 6.35. The van der Waals surface area contributed by atoms with Gasteiger partial charge in [-0.3, -0.25) is 14.3 Å². The van der Waals surface area contributed by atoms with Gasteiger partial charge in [-0.05, 0) is 64.4 Å². The molecule has 2 N–H and O–H groups in total. The summed E-state index contributed by atoms with van der Waals surface area (Å²) >= 11 is 0. The van der Waals surface area contributed by atoms with Gasteiger partial charge < -0.3 is 15.2 Å². The number of amides is 1. The van der Waals surface area contributed by atoms with Crippen LogP contribution in [0, 0.1) is 6.92 Å². The minimum absolute atomic E-state index is 0.0231. The Balaban J connectivity index is 1.53. The lowest BCUT2D eigenvalue weighted by atomic mass is 9.80. The second-order valence-electron chi connectivity index (χ2n) is 11.0. The van der Waals surface area contributed by atoms with Crippen LogP contribution in [0.2, 0.25) is 0 Å². The molecule has 35 heavy (non-hydrogen) atoms. The molecule has 2 heterocycles. The van der Waals surface area contributed by atoms with E-state index in [9.17, 15) is 9.59 Å². The van der Waals surface area contributed by atoms with Crippen LogP contribution in [0.4, 0.5) is 0 Å². The molecule has 0 atom stereocenters. The second kappa shape index (κ2) is 9.76. The van der Waals surface area contributed by atoms with Gasteiger partial charge >= 0.3 is 0 Å². The van der Waals surface area contributed by atoms with Crippen molar-refractivity contribution >= 4 is 27.7 Å². The first-order valence-electron chi connectivity index (χ1n) is 13.4. The summed E-state index contributed by atoms with van der Waals surface area (Å²) in [5.41, 5.74) is 3.08. The molecular weight excluding hydrogens is 438 g/mol. The average Bonchev–Trinajstić information content (AvgIpc) is 3.12. The maximum atomic E-state index is 13.5. The lowest BCUT2D eigenvalue weighted by Gasteiger charge is -2.43. The van der Waals surface area contributed by atoms with Gasteiger partial charge in [0.25, 0.3) is 11.5 Å². The van der Waals surface area contributed by atoms with E-state index in [1.54, 1.807) is 6.20 Å². The Morgan fingerprint density at radius 3 is 2.46 bits per heavy atom. The molecule has 7 nitrogen and oxygen atoms in total. The smallest absolute Gasteiger partial charge is 0.259 e. The summed E-state index contributed by atoms with van der Waals surface area (Å²) in [6.45, 7) is 2.60. The predicted molar refractivity (Wildman–Crippen MR) is 141 cm³/mol. The normalized spacial score (nSPS) is 19.3. The van der Waals surface area contributed by atoms with E-state index in [2.05, 4.69) is 39.1 Å². The van der Waals surface area contributed by atoms with Crippen molar-refractivity contribution in [2.75, 3.05) is 20.6 Å². The van der Waals surface area contributed by atoms with Crippen molar-refractivity contribution in [3.05, 3.63) is 39.8 Å². The van der Waals surface area contributed by atoms with Crippen LogP contribution in [-0.2, 0) is 0 Å². The molecule has 5 rings (SSSR count). The summed E-state index contributed by atoms with van der Waals surface area (Å²) in [5.74, 6) is -0.0453. The van der Waals surface area contributed by atoms with E-state index < -0.39 is 0 Å². The van der Waals surface area contributed by atoms with Crippen molar-refractivity contribution in [2.45, 2.75) is 89.1 Å². The van der Waals surface area contributed by atoms with Crippen molar-refractivity contribution in [2.24, 2.45) is 0 Å². The number of hydrogen-bond acceptors (Lipinski definition) is 4. The topological polar surface area (TPSA) is 83.0 Å². The van der Waals surface area contributed by atoms with Crippen LogP contribution >= 0.6 is 0 Å². The van der Waals surface area contributed by atoms with E-state index >= 15 is 0 Å². The molecule has 188 valence electrons. The number of rotatable bonds is 5. The highest BCUT2D eigenvalue weighted by atomic mass is 16.1. The third-order valence-corrected chi connectivity index (χ3v) is 8.63. The second-order valence-corrected chi connectivity index (χ2v) is 11.0. The Morgan fingerprint density at radius 2 is 1.77 bits per heavy atom. The summed E-state index contributed by atoms with van der Waals surface area (Å²) < 4.78 is 2.07. The first kappa shape index (κ1) is 24.0. The van der Waals surface area contributed by atoms with Crippen LogP contribution in [0.15, 0.2) is 23.1 Å². The fraction of sp³-hybridized carbons (Fsp3) is 0.607. The Hall–Kier alpha value is -2.67. The van der Waals surface area contributed by atoms with Gasteiger partial charge in [0.15, 0.2) is 0 Å². The number of nitrogens with zero attached hydrogens (tertiary/aromatic N) is 3. The van der Waals surface area contributed by atoms with Gasteiger partial charge in [0, 0.05) is 23.0 Å². The average molecular weight is 478 g/mol. The molecule has 0 saturated heterocycles. The number of likely N-dealkylation sites (N-methyl/N-ethyl adjacent to an activating group) is 1. The molecule has 0 spiro atoms. The van der Waals surface area contributed by atoms with E-state index in [1.807, 2.05) is 19.1 Å². The summed E-state index contributed by atoms with van der Waals surface area (Å²) in [6.07, 6.45) is 14.7. The summed E-state index contributed by atoms with van der Waals surface area (Å²) in [5, 5.41) is 9.45. The molecule has 0 aliphatic heterocycles. The standard InChI is InChI=1S/C28H39N5O2/c1-19-15-24-22(16-21(19)26(34)29-18-28(32(2)3)13-9-6-10-14-28)25-23(27(35)31-24)17-30-33(25)20-11-7-4-5-8-12-20/h15-17,20H,4-14,18H2,1-3H3,(H,29,34)(H,31,35). The maximum absolute atomic E-state index is 13.5. The highest BCUT2D eigenvalue weighted by molar-refractivity contribution is 6.07. The van der Waals surface area contributed by atoms with Gasteiger partial charge in [-0.15, -0.1) is 0 Å². The van der Waals surface area contributed by atoms with Gasteiger partial charge in [-0.25, -0.2) is 0 Å². The van der Waals surface area contributed by atoms with Crippen LogP contribution in [0.1, 0.15) is 92.6 Å². The quantitative estimate of drug-likeness (QED) is 0.502. The zero-order valence-corrected chi connectivity index (χ0v) is 21.5. The van der Waals surface area contributed by atoms with Gasteiger partial charge in [-0.1, -0.05) is 44.9 Å². The number of aromatic nitrogens is 3. The number of hydrogen-bond donors (Lipinski definition) is 2. The van der Waals surface area contributed by atoms with E-state index in [0.29, 0.717) is 23.5 Å². The lowest BCUT2D eigenvalue weighted by Crippen LogP contribution is -2.53. The molecule has 1 aromatic carbocycles. The Bertz CT molecular complexity index is 1270. The van der Waals surface area contributed by atoms with Crippen molar-refractivity contribution in [1.82, 2.24) is 25.0 Å². The maximum Gasteiger partial charge on any atom is 0.259 e. The number of benzene rings is 1. The number of carbonyl (C=O) groups excluding carboxylic acids is 1. The van der Waals surface area contributed by atoms with Gasteiger partial charge in [0.2, 0.25) is 0 Å². The van der Waals surface area contributed by atoms with E-state index in [0.717, 1.165) is 47.7 Å². The Labute approximate surface area is 207 Å². The number of H-pyrrole nitrogens is 1. The molecule has 0 unspecified atom stereocenters. The number of pyridine rings is 1. The Morgan fingerprint density at radius 1 is 1.09 bits per heavy atom. The molecule has 2 aliphatic rings. The summed E-state index contributed by atoms with van der Waals surface area (Å²) in [4.78, 5) is 31.7. The van der Waals surface area contributed by atoms with Crippen molar-refractivity contribution in [3.63, 3.8) is 0 Å². The molecule has 0 bridgehead atoms. The highest BCUT2D eigenvalue weighted by Crippen LogP contribution is 2.33. The summed E-state index contributed by atoms with van der Waals surface area (Å²) in [7, 11) is 4.25. The number of aryl methyl sites for hydroxylation is 1. The van der Waals surface area contributed by atoms with Crippen LogP contribution in [-0.4, -0.2) is 51.8 Å². The Kier molecular flexibility index (Phi) is 6.71. The third-order valence-electron chi connectivity index (χ3n) is 8.63. The van der Waals surface area contributed by atoms with Crippen molar-refractivity contribution in [1.29, 1.82) is 0 Å². The minimum Gasteiger partial charge on any atom is -0.350 e. The number of aromatic amines is 1. The van der Waals surface area contributed by atoms with E-state index in [-0.39, 0.29) is 17.0 Å². The van der Waals surface area contributed by atoms with Crippen LogP contribution in [0.3, 0.4) is 0 Å². The third kappa shape index (κ3) is 4.51. The SMILES string of the molecule is Cc1cc2[nH]c(=O)c3cnn(C4CCCCCC4)c3c2cc1C(=O)NCC1(N(C)C)CCCCC1. The van der Waals surface area contributed by atoms with E-state index in [1.165, 1.54) is 44.9 Å². The van der Waals surface area contributed by atoms with Crippen molar-refractivity contribution < 1.29 is 4.79 Å². The molecular formula is C28H39N5O2. The zero-order chi connectivity index (χ0) is 24.6. The summed E-state index contributed by atoms with van der Waals surface area (Å²) in [6, 6.07) is 4.21. The molecule has 0 radical (unpaired) electrons. The fourth-order valence-electron chi connectivity index (χ4n) is 6.35. The first-order chi connectivity index (χ1) is 16.9. The zero-order valence-electron chi connectivity index (χ0n) is 21.5. The number of nitrogens with one attached hydrogen (secondary N) is 2. The molecule has 2 saturated carbocycles. The minimum atomic E-state index is -0.116.